The summed E-state index contributed by atoms with van der Waals surface area (Å²) in [5, 5.41) is 31.6. The van der Waals surface area contributed by atoms with Crippen LogP contribution in [-0.2, 0) is 9.53 Å². The fourth-order valence-corrected chi connectivity index (χ4v) is 3.65. The van der Waals surface area contributed by atoms with Gasteiger partial charge < -0.3 is 25.4 Å². The third-order valence-corrected chi connectivity index (χ3v) is 5.61. The van der Waals surface area contributed by atoms with Gasteiger partial charge in [-0.15, -0.1) is 0 Å². The van der Waals surface area contributed by atoms with Crippen molar-refractivity contribution in [2.75, 3.05) is 13.2 Å². The van der Waals surface area contributed by atoms with Crippen molar-refractivity contribution in [2.24, 2.45) is 0 Å². The third-order valence-electron chi connectivity index (χ3n) is 5.61. The van der Waals surface area contributed by atoms with Gasteiger partial charge in [0.2, 0.25) is 5.91 Å². The molecular weight excluding hydrogens is 358 g/mol. The molecule has 0 aromatic rings. The number of aliphatic hydroxyl groups excluding tert-OH is 3. The molecule has 1 aliphatic heterocycles. The summed E-state index contributed by atoms with van der Waals surface area (Å²) in [6.07, 6.45) is 12.9. The first kappa shape index (κ1) is 25.3. The van der Waals surface area contributed by atoms with Crippen LogP contribution in [-0.4, -0.2) is 58.8 Å². The van der Waals surface area contributed by atoms with Gasteiger partial charge in [0, 0.05) is 13.0 Å². The summed E-state index contributed by atoms with van der Waals surface area (Å²) in [6.45, 7) is 2.38. The average Bonchev–Trinajstić information content (AvgIpc) is 2.69. The number of nitrogens with one attached hydrogen (secondary N) is 1. The second-order valence-corrected chi connectivity index (χ2v) is 8.22. The van der Waals surface area contributed by atoms with Crippen LogP contribution < -0.4 is 5.32 Å². The molecule has 6 nitrogen and oxygen atoms in total. The van der Waals surface area contributed by atoms with E-state index >= 15 is 0 Å². The van der Waals surface area contributed by atoms with E-state index < -0.39 is 24.4 Å². The van der Waals surface area contributed by atoms with E-state index in [2.05, 4.69) is 12.2 Å². The predicted molar refractivity (Wildman–Crippen MR) is 111 cm³/mol. The van der Waals surface area contributed by atoms with Crippen LogP contribution >= 0.6 is 0 Å². The molecule has 1 rings (SSSR count). The lowest BCUT2D eigenvalue weighted by Gasteiger charge is -2.35. The third kappa shape index (κ3) is 11.3. The summed E-state index contributed by atoms with van der Waals surface area (Å²) >= 11 is 0. The van der Waals surface area contributed by atoms with Gasteiger partial charge in [0.1, 0.15) is 24.4 Å². The molecule has 1 aliphatic rings. The molecule has 0 bridgehead atoms. The van der Waals surface area contributed by atoms with Crippen molar-refractivity contribution in [3.63, 3.8) is 0 Å². The molecule has 0 unspecified atom stereocenters. The fraction of sp³-hybridized carbons (Fsp3) is 0.955. The normalized spacial score (nSPS) is 25.0. The van der Waals surface area contributed by atoms with Crippen molar-refractivity contribution < 1.29 is 24.9 Å². The van der Waals surface area contributed by atoms with Crippen LogP contribution in [0.3, 0.4) is 0 Å². The molecule has 0 saturated carbocycles. The first-order valence-corrected chi connectivity index (χ1v) is 11.5. The number of unbranched alkanes of at least 4 members (excludes halogenated alkanes) is 12. The lowest BCUT2D eigenvalue weighted by atomic mass is 10.00. The van der Waals surface area contributed by atoms with Crippen molar-refractivity contribution in [3.05, 3.63) is 0 Å². The molecule has 4 atom stereocenters. The van der Waals surface area contributed by atoms with E-state index in [4.69, 9.17) is 4.74 Å². The molecule has 4 N–H and O–H groups in total. The number of aliphatic hydroxyl groups is 3. The molecule has 1 saturated heterocycles. The zero-order chi connectivity index (χ0) is 20.6. The number of amides is 1. The first-order chi connectivity index (χ1) is 13.6. The minimum absolute atomic E-state index is 0.0301. The number of carbonyl (C=O) groups excluding carboxylic acids is 1. The Morgan fingerprint density at radius 2 is 1.32 bits per heavy atom. The molecule has 1 heterocycles. The highest BCUT2D eigenvalue weighted by molar-refractivity contribution is 5.75. The van der Waals surface area contributed by atoms with Crippen LogP contribution in [0.4, 0.5) is 0 Å². The van der Waals surface area contributed by atoms with E-state index in [9.17, 15) is 20.1 Å². The maximum absolute atomic E-state index is 11.9. The number of hydrogen-bond acceptors (Lipinski definition) is 5. The van der Waals surface area contributed by atoms with E-state index in [1.807, 2.05) is 0 Å². The van der Waals surface area contributed by atoms with Crippen molar-refractivity contribution in [2.45, 2.75) is 121 Å². The summed E-state index contributed by atoms with van der Waals surface area (Å²) in [6, 6.07) is 0. The van der Waals surface area contributed by atoms with Gasteiger partial charge in [-0.1, -0.05) is 84.0 Å². The number of hydrogen-bond donors (Lipinski definition) is 4. The Morgan fingerprint density at radius 3 is 1.86 bits per heavy atom. The maximum Gasteiger partial charge on any atom is 0.220 e. The Bertz CT molecular complexity index is 393. The summed E-state index contributed by atoms with van der Waals surface area (Å²) in [7, 11) is 0. The quantitative estimate of drug-likeness (QED) is 0.298. The molecular formula is C22H43NO5. The maximum atomic E-state index is 11.9. The monoisotopic (exact) mass is 401 g/mol. The van der Waals surface area contributed by atoms with E-state index in [-0.39, 0.29) is 19.1 Å². The van der Waals surface area contributed by atoms with E-state index in [1.165, 1.54) is 70.6 Å². The van der Waals surface area contributed by atoms with Crippen LogP contribution in [0.15, 0.2) is 0 Å². The Hall–Kier alpha value is -0.690. The molecule has 0 aliphatic carbocycles. The first-order valence-electron chi connectivity index (χ1n) is 11.5. The predicted octanol–water partition coefficient (Wildman–Crippen LogP) is 3.07. The molecule has 0 aromatic heterocycles. The van der Waals surface area contributed by atoms with E-state index in [0.29, 0.717) is 6.42 Å². The van der Waals surface area contributed by atoms with Gasteiger partial charge >= 0.3 is 0 Å². The molecule has 0 radical (unpaired) electrons. The van der Waals surface area contributed by atoms with Crippen molar-refractivity contribution in [1.29, 1.82) is 0 Å². The Balaban J connectivity index is 1.88. The van der Waals surface area contributed by atoms with Crippen LogP contribution in [0.25, 0.3) is 0 Å². The Morgan fingerprint density at radius 1 is 0.821 bits per heavy atom. The second-order valence-electron chi connectivity index (χ2n) is 8.22. The highest BCUT2D eigenvalue weighted by atomic mass is 16.5. The molecule has 28 heavy (non-hydrogen) atoms. The molecule has 0 spiro atoms. The smallest absolute Gasteiger partial charge is 0.220 e. The minimum atomic E-state index is -1.23. The van der Waals surface area contributed by atoms with Gasteiger partial charge in [0.15, 0.2) is 0 Å². The van der Waals surface area contributed by atoms with Crippen LogP contribution in [0.2, 0.25) is 0 Å². The largest absolute Gasteiger partial charge is 0.388 e. The lowest BCUT2D eigenvalue weighted by Crippen LogP contribution is -2.56. The fourth-order valence-electron chi connectivity index (χ4n) is 3.65. The molecule has 166 valence electrons. The average molecular weight is 402 g/mol. The lowest BCUT2D eigenvalue weighted by molar-refractivity contribution is -0.185. The van der Waals surface area contributed by atoms with Crippen molar-refractivity contribution >= 4 is 5.91 Å². The highest BCUT2D eigenvalue weighted by Crippen LogP contribution is 2.15. The number of carbonyl (C=O) groups is 1. The summed E-state index contributed by atoms with van der Waals surface area (Å²) in [4.78, 5) is 11.9. The summed E-state index contributed by atoms with van der Waals surface area (Å²) < 4.78 is 5.27. The van der Waals surface area contributed by atoms with Gasteiger partial charge in [-0.3, -0.25) is 4.79 Å². The van der Waals surface area contributed by atoms with Gasteiger partial charge in [-0.05, 0) is 6.42 Å². The van der Waals surface area contributed by atoms with Gasteiger partial charge in [0.05, 0.1) is 6.61 Å². The minimum Gasteiger partial charge on any atom is -0.388 e. The zero-order valence-corrected chi connectivity index (χ0v) is 17.8. The van der Waals surface area contributed by atoms with Crippen LogP contribution in [0.1, 0.15) is 96.8 Å². The van der Waals surface area contributed by atoms with E-state index in [0.717, 1.165) is 12.8 Å². The molecule has 1 fully saturated rings. The molecule has 0 aromatic carbocycles. The Kier molecular flexibility index (Phi) is 14.6. The number of ether oxygens (including phenoxy) is 1. The van der Waals surface area contributed by atoms with Gasteiger partial charge in [-0.2, -0.15) is 0 Å². The molecule has 6 heteroatoms. The standard InChI is InChI=1S/C22H43NO5/c1-2-3-4-5-6-7-8-9-10-11-12-13-14-15-20(25)23-16-19-22(27)21(26)18(24)17-28-19/h18-19,21-22,24,26-27H,2-17H2,1H3,(H,23,25)/t18-,19+,21+,22+/m0/s1. The SMILES string of the molecule is CCCCCCCCCCCCCCCC(=O)NC[C@H]1OC[C@H](O)[C@@H](O)[C@@H]1O. The van der Waals surface area contributed by atoms with Gasteiger partial charge in [0.25, 0.3) is 0 Å². The molecule has 1 amide bonds. The Labute approximate surface area is 171 Å². The van der Waals surface area contributed by atoms with Crippen LogP contribution in [0, 0.1) is 0 Å². The van der Waals surface area contributed by atoms with Crippen molar-refractivity contribution in [3.8, 4) is 0 Å². The van der Waals surface area contributed by atoms with Crippen LogP contribution in [0.5, 0.6) is 0 Å². The summed E-state index contributed by atoms with van der Waals surface area (Å²) in [5.41, 5.74) is 0. The zero-order valence-electron chi connectivity index (χ0n) is 17.8. The van der Waals surface area contributed by atoms with Crippen molar-refractivity contribution in [1.82, 2.24) is 5.32 Å². The summed E-state index contributed by atoms with van der Waals surface area (Å²) in [5.74, 6) is -0.0560. The topological polar surface area (TPSA) is 99.0 Å². The highest BCUT2D eigenvalue weighted by Gasteiger charge is 2.37. The van der Waals surface area contributed by atoms with E-state index in [1.54, 1.807) is 0 Å². The second kappa shape index (κ2) is 16.1. The van der Waals surface area contributed by atoms with Gasteiger partial charge in [-0.25, -0.2) is 0 Å². The number of rotatable bonds is 16.